The maximum absolute atomic E-state index is 6.03. The normalized spacial score (nSPS) is 15.4. The molecule has 152 valence electrons. The van der Waals surface area contributed by atoms with Crippen molar-refractivity contribution in [1.82, 2.24) is 9.55 Å². The average molecular weight is 426 g/mol. The minimum atomic E-state index is 0.487. The monoisotopic (exact) mass is 425 g/mol. The molecule has 2 aromatic carbocycles. The number of thioether (sulfide) groups is 1. The van der Waals surface area contributed by atoms with Gasteiger partial charge in [-0.25, -0.2) is 4.98 Å². The van der Waals surface area contributed by atoms with Gasteiger partial charge in [0.1, 0.15) is 0 Å². The van der Waals surface area contributed by atoms with Crippen molar-refractivity contribution in [2.45, 2.75) is 48.8 Å². The highest BCUT2D eigenvalue weighted by Gasteiger charge is 2.14. The molecule has 0 N–H and O–H groups in total. The summed E-state index contributed by atoms with van der Waals surface area (Å²) >= 11 is 8.00. The van der Waals surface area contributed by atoms with Gasteiger partial charge < -0.3 is 9.47 Å². The van der Waals surface area contributed by atoms with Gasteiger partial charge in [0.15, 0.2) is 0 Å². The lowest BCUT2D eigenvalue weighted by Gasteiger charge is -2.29. The van der Waals surface area contributed by atoms with Gasteiger partial charge in [0.25, 0.3) is 0 Å². The van der Waals surface area contributed by atoms with Crippen molar-refractivity contribution in [2.75, 3.05) is 18.0 Å². The molecule has 0 spiro atoms. The molecule has 3 nitrogen and oxygen atoms in total. The first-order valence-corrected chi connectivity index (χ1v) is 11.7. The van der Waals surface area contributed by atoms with Gasteiger partial charge in [0.05, 0.1) is 6.33 Å². The highest BCUT2D eigenvalue weighted by Crippen LogP contribution is 2.30. The van der Waals surface area contributed by atoms with Crippen molar-refractivity contribution >= 4 is 29.1 Å². The number of hydrogen-bond donors (Lipinski definition) is 0. The summed E-state index contributed by atoms with van der Waals surface area (Å²) in [4.78, 5) is 8.06. The fraction of sp³-hybridized carbons (Fsp3) is 0.375. The van der Waals surface area contributed by atoms with Crippen molar-refractivity contribution < 1.29 is 0 Å². The zero-order chi connectivity index (χ0) is 19.9. The van der Waals surface area contributed by atoms with Gasteiger partial charge in [-0.1, -0.05) is 23.7 Å². The van der Waals surface area contributed by atoms with Crippen LogP contribution in [0.3, 0.4) is 0 Å². The minimum Gasteiger partial charge on any atom is -0.372 e. The van der Waals surface area contributed by atoms with E-state index in [1.165, 1.54) is 48.5 Å². The third-order valence-electron chi connectivity index (χ3n) is 5.50. The minimum absolute atomic E-state index is 0.487. The van der Waals surface area contributed by atoms with Crippen LogP contribution in [0.25, 0.3) is 0 Å². The fourth-order valence-electron chi connectivity index (χ4n) is 3.88. The van der Waals surface area contributed by atoms with Crippen molar-refractivity contribution in [2.24, 2.45) is 0 Å². The number of halogens is 1. The SMILES string of the molecule is Clc1ccc(CCC(Cn2ccnc2)Sc2ccc(N3CCCCC3)cc2)cc1. The lowest BCUT2D eigenvalue weighted by atomic mass is 10.1. The van der Waals surface area contributed by atoms with Crippen molar-refractivity contribution in [1.29, 1.82) is 0 Å². The van der Waals surface area contributed by atoms with Crippen LogP contribution < -0.4 is 4.90 Å². The average Bonchev–Trinajstić information content (AvgIpc) is 3.27. The Labute approximate surface area is 183 Å². The molecule has 3 aromatic rings. The third kappa shape index (κ3) is 6.03. The predicted molar refractivity (Wildman–Crippen MR) is 124 cm³/mol. The van der Waals surface area contributed by atoms with E-state index in [0.717, 1.165) is 24.4 Å². The Morgan fingerprint density at radius 2 is 1.72 bits per heavy atom. The van der Waals surface area contributed by atoms with E-state index in [4.69, 9.17) is 11.6 Å². The van der Waals surface area contributed by atoms with Crippen LogP contribution in [0.1, 0.15) is 31.2 Å². The summed E-state index contributed by atoms with van der Waals surface area (Å²) in [6, 6.07) is 17.4. The number of aromatic nitrogens is 2. The van der Waals surface area contributed by atoms with E-state index >= 15 is 0 Å². The Balaban J connectivity index is 1.40. The molecule has 2 heterocycles. The van der Waals surface area contributed by atoms with Crippen LogP contribution in [0, 0.1) is 0 Å². The highest BCUT2D eigenvalue weighted by molar-refractivity contribution is 8.00. The second-order valence-corrected chi connectivity index (χ2v) is 9.52. The lowest BCUT2D eigenvalue weighted by molar-refractivity contribution is 0.578. The predicted octanol–water partition coefficient (Wildman–Crippen LogP) is 6.32. The summed E-state index contributed by atoms with van der Waals surface area (Å²) in [5.74, 6) is 0. The first-order valence-electron chi connectivity index (χ1n) is 10.5. The molecule has 0 aliphatic carbocycles. The second-order valence-electron chi connectivity index (χ2n) is 7.71. The van der Waals surface area contributed by atoms with Gasteiger partial charge >= 0.3 is 0 Å². The van der Waals surface area contributed by atoms with Crippen molar-refractivity contribution in [3.05, 3.63) is 77.8 Å². The van der Waals surface area contributed by atoms with Crippen molar-refractivity contribution in [3.63, 3.8) is 0 Å². The van der Waals surface area contributed by atoms with E-state index in [1.54, 1.807) is 0 Å². The zero-order valence-electron chi connectivity index (χ0n) is 16.7. The molecule has 5 heteroatoms. The van der Waals surface area contributed by atoms with Crippen molar-refractivity contribution in [3.8, 4) is 0 Å². The standard InChI is InChI=1S/C24H28ClN3S/c25-21-7-4-20(5-8-21)6-11-24(18-27-17-14-26-19-27)29-23-12-9-22(10-13-23)28-15-2-1-3-16-28/h4-5,7-10,12-14,17,19,24H,1-3,6,11,15-16,18H2. The number of imidazole rings is 1. The first kappa shape index (κ1) is 20.4. The topological polar surface area (TPSA) is 21.1 Å². The Morgan fingerprint density at radius 3 is 2.41 bits per heavy atom. The van der Waals surface area contributed by atoms with E-state index in [1.807, 2.05) is 36.4 Å². The van der Waals surface area contributed by atoms with E-state index in [-0.39, 0.29) is 0 Å². The van der Waals surface area contributed by atoms with Crippen LogP contribution in [-0.2, 0) is 13.0 Å². The number of hydrogen-bond acceptors (Lipinski definition) is 3. The first-order chi connectivity index (χ1) is 14.3. The Kier molecular flexibility index (Phi) is 7.18. The molecule has 0 saturated carbocycles. The van der Waals surface area contributed by atoms with Crippen LogP contribution in [0.5, 0.6) is 0 Å². The summed E-state index contributed by atoms with van der Waals surface area (Å²) < 4.78 is 2.18. The number of benzene rings is 2. The Hall–Kier alpha value is -1.91. The quantitative estimate of drug-likeness (QED) is 0.394. The van der Waals surface area contributed by atoms with E-state index < -0.39 is 0 Å². The van der Waals surface area contributed by atoms with Gasteiger partial charge in [-0.05, 0) is 74.1 Å². The molecule has 29 heavy (non-hydrogen) atoms. The smallest absolute Gasteiger partial charge is 0.0946 e. The Bertz CT molecular complexity index is 856. The van der Waals surface area contributed by atoms with E-state index in [0.29, 0.717) is 5.25 Å². The largest absolute Gasteiger partial charge is 0.372 e. The molecule has 4 rings (SSSR count). The molecular formula is C24H28ClN3S. The summed E-state index contributed by atoms with van der Waals surface area (Å²) in [6.07, 6.45) is 12.0. The molecule has 1 atom stereocenters. The Morgan fingerprint density at radius 1 is 0.966 bits per heavy atom. The van der Waals surface area contributed by atoms with Crippen LogP contribution >= 0.6 is 23.4 Å². The van der Waals surface area contributed by atoms with Gasteiger partial charge in [-0.2, -0.15) is 0 Å². The number of rotatable bonds is 8. The molecule has 1 fully saturated rings. The van der Waals surface area contributed by atoms with Crippen LogP contribution in [0.4, 0.5) is 5.69 Å². The fourth-order valence-corrected chi connectivity index (χ4v) is 5.16. The summed E-state index contributed by atoms with van der Waals surface area (Å²) in [5, 5.41) is 1.28. The molecule has 1 saturated heterocycles. The zero-order valence-corrected chi connectivity index (χ0v) is 18.3. The third-order valence-corrected chi connectivity index (χ3v) is 7.02. The molecule has 1 aromatic heterocycles. The van der Waals surface area contributed by atoms with Gasteiger partial charge in [-0.15, -0.1) is 11.8 Å². The van der Waals surface area contributed by atoms with Crippen LogP contribution in [0.2, 0.25) is 5.02 Å². The molecule has 1 unspecified atom stereocenters. The summed E-state index contributed by atoms with van der Waals surface area (Å²) in [7, 11) is 0. The molecule has 0 radical (unpaired) electrons. The van der Waals surface area contributed by atoms with Gasteiger partial charge in [0, 0.05) is 52.9 Å². The second kappa shape index (κ2) is 10.2. The van der Waals surface area contributed by atoms with Crippen LogP contribution in [-0.4, -0.2) is 27.9 Å². The summed E-state index contributed by atoms with van der Waals surface area (Å²) in [5.41, 5.74) is 2.70. The number of piperidine rings is 1. The molecule has 1 aliphatic rings. The van der Waals surface area contributed by atoms with E-state index in [2.05, 4.69) is 57.0 Å². The molecular weight excluding hydrogens is 398 g/mol. The molecule has 0 bridgehead atoms. The van der Waals surface area contributed by atoms with E-state index in [9.17, 15) is 0 Å². The number of nitrogens with zero attached hydrogens (tertiary/aromatic N) is 3. The summed E-state index contributed by atoms with van der Waals surface area (Å²) in [6.45, 7) is 3.35. The lowest BCUT2D eigenvalue weighted by Crippen LogP contribution is -2.29. The van der Waals surface area contributed by atoms with Gasteiger partial charge in [-0.3, -0.25) is 0 Å². The molecule has 0 amide bonds. The maximum Gasteiger partial charge on any atom is 0.0946 e. The molecule has 1 aliphatic heterocycles. The maximum atomic E-state index is 6.03. The van der Waals surface area contributed by atoms with Crippen LogP contribution in [0.15, 0.2) is 72.1 Å². The highest BCUT2D eigenvalue weighted by atomic mass is 35.5. The van der Waals surface area contributed by atoms with Gasteiger partial charge in [0.2, 0.25) is 0 Å². The number of aryl methyl sites for hydroxylation is 1. The number of anilines is 1.